The summed E-state index contributed by atoms with van der Waals surface area (Å²) in [5.41, 5.74) is 0.302. The molecule has 0 aliphatic heterocycles. The van der Waals surface area contributed by atoms with Gasteiger partial charge in [-0.3, -0.25) is 9.59 Å². The number of esters is 1. The molecular weight excluding hydrogens is 326 g/mol. The SMILES string of the molecule is CCCCOC(=O)c1ccccc1N/C=C(/C#N)C(=O)NCC(=O)O. The van der Waals surface area contributed by atoms with Gasteiger partial charge in [0, 0.05) is 6.20 Å². The van der Waals surface area contributed by atoms with Crippen LogP contribution in [0.25, 0.3) is 0 Å². The van der Waals surface area contributed by atoms with Crippen molar-refractivity contribution < 1.29 is 24.2 Å². The summed E-state index contributed by atoms with van der Waals surface area (Å²) in [7, 11) is 0. The molecule has 0 radical (unpaired) electrons. The minimum Gasteiger partial charge on any atom is -0.480 e. The van der Waals surface area contributed by atoms with Gasteiger partial charge >= 0.3 is 11.9 Å². The molecule has 1 aromatic carbocycles. The molecule has 132 valence electrons. The monoisotopic (exact) mass is 345 g/mol. The first-order valence-corrected chi connectivity index (χ1v) is 7.62. The number of carboxylic acid groups (broad SMARTS) is 1. The fourth-order valence-corrected chi connectivity index (χ4v) is 1.72. The summed E-state index contributed by atoms with van der Waals surface area (Å²) in [4.78, 5) is 34.2. The molecule has 1 rings (SSSR count). The van der Waals surface area contributed by atoms with E-state index in [2.05, 4.69) is 10.6 Å². The van der Waals surface area contributed by atoms with Gasteiger partial charge in [0.15, 0.2) is 0 Å². The number of benzene rings is 1. The van der Waals surface area contributed by atoms with E-state index in [-0.39, 0.29) is 11.1 Å². The Kier molecular flexibility index (Phi) is 8.23. The first kappa shape index (κ1) is 19.7. The van der Waals surface area contributed by atoms with Crippen LogP contribution in [0, 0.1) is 11.3 Å². The van der Waals surface area contributed by atoms with E-state index in [9.17, 15) is 14.4 Å². The fourth-order valence-electron chi connectivity index (χ4n) is 1.72. The molecule has 0 aliphatic carbocycles. The number of nitrogens with zero attached hydrogens (tertiary/aromatic N) is 1. The Morgan fingerprint density at radius 1 is 1.32 bits per heavy atom. The highest BCUT2D eigenvalue weighted by Gasteiger charge is 2.13. The number of anilines is 1. The van der Waals surface area contributed by atoms with Crippen molar-refractivity contribution in [3.63, 3.8) is 0 Å². The van der Waals surface area contributed by atoms with Gasteiger partial charge in [-0.25, -0.2) is 4.79 Å². The van der Waals surface area contributed by atoms with Crippen molar-refractivity contribution >= 4 is 23.5 Å². The van der Waals surface area contributed by atoms with Crippen molar-refractivity contribution in [2.75, 3.05) is 18.5 Å². The van der Waals surface area contributed by atoms with Gasteiger partial charge in [0.05, 0.1) is 17.9 Å². The van der Waals surface area contributed by atoms with Crippen molar-refractivity contribution in [3.8, 4) is 6.07 Å². The van der Waals surface area contributed by atoms with Crippen molar-refractivity contribution in [1.82, 2.24) is 5.32 Å². The Labute approximate surface area is 145 Å². The van der Waals surface area contributed by atoms with Crippen molar-refractivity contribution in [2.24, 2.45) is 0 Å². The highest BCUT2D eigenvalue weighted by molar-refractivity contribution is 5.99. The van der Waals surface area contributed by atoms with Gasteiger partial charge in [-0.2, -0.15) is 5.26 Å². The summed E-state index contributed by atoms with van der Waals surface area (Å²) in [6.07, 6.45) is 2.76. The number of para-hydroxylation sites is 1. The number of nitrogens with one attached hydrogen (secondary N) is 2. The first-order valence-electron chi connectivity index (χ1n) is 7.62. The van der Waals surface area contributed by atoms with E-state index in [1.165, 1.54) is 0 Å². The predicted octanol–water partition coefficient (Wildman–Crippen LogP) is 1.66. The third-order valence-electron chi connectivity index (χ3n) is 3.02. The number of hydrogen-bond acceptors (Lipinski definition) is 6. The average molecular weight is 345 g/mol. The second-order valence-electron chi connectivity index (χ2n) is 4.93. The lowest BCUT2D eigenvalue weighted by atomic mass is 10.1. The standard InChI is InChI=1S/C17H19N3O5/c1-2-3-8-25-17(24)13-6-4-5-7-14(13)19-10-12(9-18)16(23)20-11-15(21)22/h4-7,10,19H,2-3,8,11H2,1H3,(H,20,23)(H,21,22)/b12-10-. The number of rotatable bonds is 9. The number of hydrogen-bond donors (Lipinski definition) is 3. The fraction of sp³-hybridized carbons (Fsp3) is 0.294. The highest BCUT2D eigenvalue weighted by Crippen LogP contribution is 2.17. The lowest BCUT2D eigenvalue weighted by molar-refractivity contribution is -0.137. The van der Waals surface area contributed by atoms with Gasteiger partial charge in [0.1, 0.15) is 18.2 Å². The maximum Gasteiger partial charge on any atom is 0.340 e. The van der Waals surface area contributed by atoms with Crippen LogP contribution in [-0.4, -0.2) is 36.1 Å². The van der Waals surface area contributed by atoms with Gasteiger partial charge in [-0.15, -0.1) is 0 Å². The molecule has 0 unspecified atom stereocenters. The predicted molar refractivity (Wildman–Crippen MR) is 89.6 cm³/mol. The van der Waals surface area contributed by atoms with Crippen LogP contribution in [0.2, 0.25) is 0 Å². The van der Waals surface area contributed by atoms with Gasteiger partial charge in [-0.1, -0.05) is 25.5 Å². The normalized spacial score (nSPS) is 10.5. The van der Waals surface area contributed by atoms with E-state index >= 15 is 0 Å². The number of aliphatic carboxylic acids is 1. The number of amides is 1. The minimum absolute atomic E-state index is 0.262. The Bertz CT molecular complexity index is 706. The van der Waals surface area contributed by atoms with Crippen LogP contribution in [0.5, 0.6) is 0 Å². The molecule has 3 N–H and O–H groups in total. The maximum absolute atomic E-state index is 12.1. The molecule has 0 fully saturated rings. The van der Waals surface area contributed by atoms with Crippen LogP contribution in [0.1, 0.15) is 30.1 Å². The molecule has 0 atom stereocenters. The topological polar surface area (TPSA) is 129 Å². The van der Waals surface area contributed by atoms with Crippen molar-refractivity contribution in [3.05, 3.63) is 41.6 Å². The number of nitriles is 1. The second kappa shape index (κ2) is 10.4. The Morgan fingerprint density at radius 3 is 2.68 bits per heavy atom. The molecule has 8 heteroatoms. The summed E-state index contributed by atoms with van der Waals surface area (Å²) in [6.45, 7) is 1.69. The van der Waals surface area contributed by atoms with Crippen LogP contribution in [0.4, 0.5) is 5.69 Å². The molecule has 0 aliphatic rings. The van der Waals surface area contributed by atoms with E-state index in [1.54, 1.807) is 30.3 Å². The number of carbonyl (C=O) groups is 3. The summed E-state index contributed by atoms with van der Waals surface area (Å²) in [6, 6.07) is 8.15. The average Bonchev–Trinajstić information content (AvgIpc) is 2.60. The van der Waals surface area contributed by atoms with E-state index < -0.39 is 24.4 Å². The van der Waals surface area contributed by atoms with Crippen LogP contribution < -0.4 is 10.6 Å². The second-order valence-corrected chi connectivity index (χ2v) is 4.93. The van der Waals surface area contributed by atoms with Gasteiger partial charge < -0.3 is 20.5 Å². The zero-order valence-electron chi connectivity index (χ0n) is 13.7. The van der Waals surface area contributed by atoms with Crippen molar-refractivity contribution in [2.45, 2.75) is 19.8 Å². The molecule has 0 saturated carbocycles. The largest absolute Gasteiger partial charge is 0.480 e. The number of carbonyl (C=O) groups excluding carboxylic acids is 2. The Morgan fingerprint density at radius 2 is 2.04 bits per heavy atom. The van der Waals surface area contributed by atoms with Crippen LogP contribution in [0.3, 0.4) is 0 Å². The quantitative estimate of drug-likeness (QED) is 0.269. The summed E-state index contributed by atoms with van der Waals surface area (Å²) in [5, 5.41) is 22.3. The molecule has 0 bridgehead atoms. The number of ether oxygens (including phenoxy) is 1. The lowest BCUT2D eigenvalue weighted by Gasteiger charge is -2.09. The highest BCUT2D eigenvalue weighted by atomic mass is 16.5. The maximum atomic E-state index is 12.1. The van der Waals surface area contributed by atoms with Gasteiger partial charge in [0.2, 0.25) is 0 Å². The van der Waals surface area contributed by atoms with E-state index in [1.807, 2.05) is 6.92 Å². The summed E-state index contributed by atoms with van der Waals surface area (Å²) in [5.74, 6) is -2.57. The number of unbranched alkanes of at least 4 members (excludes halogenated alkanes) is 1. The molecule has 1 aromatic rings. The van der Waals surface area contributed by atoms with Crippen LogP contribution >= 0.6 is 0 Å². The minimum atomic E-state index is -1.22. The third kappa shape index (κ3) is 6.74. The summed E-state index contributed by atoms with van der Waals surface area (Å²) < 4.78 is 5.15. The molecule has 25 heavy (non-hydrogen) atoms. The molecule has 8 nitrogen and oxygen atoms in total. The van der Waals surface area contributed by atoms with Gasteiger partial charge in [0.25, 0.3) is 5.91 Å². The number of carboxylic acids is 1. The van der Waals surface area contributed by atoms with E-state index in [4.69, 9.17) is 15.1 Å². The Hall–Kier alpha value is -3.34. The molecular formula is C17H19N3O5. The molecule has 0 heterocycles. The molecule has 0 aromatic heterocycles. The van der Waals surface area contributed by atoms with E-state index in [0.29, 0.717) is 12.3 Å². The van der Waals surface area contributed by atoms with Crippen molar-refractivity contribution in [1.29, 1.82) is 5.26 Å². The smallest absolute Gasteiger partial charge is 0.340 e. The van der Waals surface area contributed by atoms with Crippen LogP contribution in [-0.2, 0) is 14.3 Å². The van der Waals surface area contributed by atoms with Gasteiger partial charge in [-0.05, 0) is 18.6 Å². The third-order valence-corrected chi connectivity index (χ3v) is 3.02. The lowest BCUT2D eigenvalue weighted by Crippen LogP contribution is -2.30. The molecule has 0 saturated heterocycles. The molecule has 1 amide bonds. The zero-order chi connectivity index (χ0) is 18.7. The summed E-state index contributed by atoms with van der Waals surface area (Å²) >= 11 is 0. The zero-order valence-corrected chi connectivity index (χ0v) is 13.7. The van der Waals surface area contributed by atoms with Crippen LogP contribution in [0.15, 0.2) is 36.0 Å². The van der Waals surface area contributed by atoms with E-state index in [0.717, 1.165) is 19.0 Å². The molecule has 0 spiro atoms. The first-order chi connectivity index (χ1) is 12.0. The Balaban J connectivity index is 2.84.